The van der Waals surface area contributed by atoms with E-state index in [1.165, 1.54) is 38.3 Å². The van der Waals surface area contributed by atoms with Crippen LogP contribution in [-0.2, 0) is 29.1 Å². The van der Waals surface area contributed by atoms with Crippen molar-refractivity contribution in [3.05, 3.63) is 66.2 Å². The zero-order chi connectivity index (χ0) is 34.3. The van der Waals surface area contributed by atoms with E-state index in [4.69, 9.17) is 9.99 Å². The molecule has 48 heavy (non-hydrogen) atoms. The van der Waals surface area contributed by atoms with Gasteiger partial charge in [-0.2, -0.15) is 28.8 Å². The van der Waals surface area contributed by atoms with E-state index in [-0.39, 0.29) is 28.4 Å². The van der Waals surface area contributed by atoms with Crippen LogP contribution >= 0.6 is 12.0 Å². The molecule has 1 amide bonds. The number of nitrogens with one attached hydrogen (secondary N) is 1. The van der Waals surface area contributed by atoms with E-state index in [9.17, 15) is 32.8 Å². The monoisotopic (exact) mass is 694 g/mol. The van der Waals surface area contributed by atoms with Crippen molar-refractivity contribution >= 4 is 72.9 Å². The first kappa shape index (κ1) is 32.5. The molecule has 0 fully saturated rings. The van der Waals surface area contributed by atoms with Gasteiger partial charge in [0.15, 0.2) is 5.71 Å². The molecule has 2 heterocycles. The fraction of sp³-hybridized carbons (Fsp3) is 0.103. The number of rotatable bonds is 10. The van der Waals surface area contributed by atoms with Crippen molar-refractivity contribution in [2.75, 3.05) is 12.1 Å². The molecule has 1 aromatic heterocycles. The third kappa shape index (κ3) is 6.03. The average Bonchev–Trinajstić information content (AvgIpc) is 3.64. The van der Waals surface area contributed by atoms with Crippen LogP contribution in [0.4, 0.5) is 11.4 Å². The van der Waals surface area contributed by atoms with Crippen LogP contribution in [0.5, 0.6) is 11.5 Å². The number of ether oxygens (including phenoxy) is 1. The normalized spacial score (nSPS) is 15.2. The van der Waals surface area contributed by atoms with Gasteiger partial charge in [0.1, 0.15) is 27.9 Å². The molecule has 1 aliphatic rings. The van der Waals surface area contributed by atoms with Crippen molar-refractivity contribution in [2.45, 2.75) is 22.8 Å². The van der Waals surface area contributed by atoms with Gasteiger partial charge in [0.05, 0.1) is 35.9 Å². The highest BCUT2D eigenvalue weighted by Crippen LogP contribution is 2.37. The number of nitrogens with zero attached hydrogens (tertiary/aromatic N) is 5. The van der Waals surface area contributed by atoms with Crippen molar-refractivity contribution in [1.29, 1.82) is 0 Å². The van der Waals surface area contributed by atoms with E-state index in [1.807, 2.05) is 0 Å². The second-order valence-electron chi connectivity index (χ2n) is 10.2. The zero-order valence-corrected chi connectivity index (χ0v) is 26.2. The van der Waals surface area contributed by atoms with Gasteiger partial charge in [-0.25, -0.2) is 15.0 Å². The number of carboxylic acids is 1. The number of anilines is 1. The summed E-state index contributed by atoms with van der Waals surface area (Å²) in [5.41, 5.74) is 1.52. The number of aromatic hydroxyl groups is 1. The standard InChI is InChI=1S/C29H22N6O11S2/c1-13-9-20(22(44-2)12-23(13)48(41,42)43)32-33-25-26(29(38)39)34-35(28(25)37)15-5-3-14(4-6-15)27-30-19-8-7-17-18(24(19)31-27)10-16(11-21(17)36)47-46-45-40/h3-12,25,36,40H,1-2H3,(H,30,31)(H,38,39)(H,41,42,43). The number of hydrogen-bond donors (Lipinski definition) is 5. The topological polar surface area (TPSA) is 246 Å². The van der Waals surface area contributed by atoms with E-state index >= 15 is 0 Å². The summed E-state index contributed by atoms with van der Waals surface area (Å²) in [5, 5.41) is 46.2. The molecule has 6 rings (SSSR count). The lowest BCUT2D eigenvalue weighted by molar-refractivity contribution is -0.432. The van der Waals surface area contributed by atoms with Crippen molar-refractivity contribution in [3.63, 3.8) is 0 Å². The average molecular weight is 695 g/mol. The molecule has 19 heteroatoms. The van der Waals surface area contributed by atoms with Crippen LogP contribution in [0.15, 0.2) is 85.8 Å². The summed E-state index contributed by atoms with van der Waals surface area (Å²) in [7, 11) is -3.33. The number of azo groups is 1. The molecule has 0 spiro atoms. The number of amides is 1. The van der Waals surface area contributed by atoms with Gasteiger partial charge < -0.3 is 19.9 Å². The van der Waals surface area contributed by atoms with E-state index in [0.717, 1.165) is 11.1 Å². The van der Waals surface area contributed by atoms with Crippen LogP contribution in [0.3, 0.4) is 0 Å². The summed E-state index contributed by atoms with van der Waals surface area (Å²) in [6, 6.07) is 13.6. The minimum absolute atomic E-state index is 0.0148. The fourth-order valence-corrected chi connectivity index (χ4v) is 6.21. The maximum atomic E-state index is 13.3. The van der Waals surface area contributed by atoms with Crippen LogP contribution in [0.25, 0.3) is 33.2 Å². The highest BCUT2D eigenvalue weighted by Gasteiger charge is 2.41. The van der Waals surface area contributed by atoms with Gasteiger partial charge in [-0.05, 0) is 67.1 Å². The maximum Gasteiger partial charge on any atom is 0.355 e. The minimum Gasteiger partial charge on any atom is -0.507 e. The molecular formula is C29H22N6O11S2. The second-order valence-corrected chi connectivity index (χ2v) is 12.3. The number of hydrazone groups is 1. The molecule has 0 saturated heterocycles. The highest BCUT2D eigenvalue weighted by molar-refractivity contribution is 7.94. The van der Waals surface area contributed by atoms with Crippen LogP contribution < -0.4 is 9.75 Å². The number of carbonyl (C=O) groups excluding carboxylic acids is 1. The summed E-state index contributed by atoms with van der Waals surface area (Å²) >= 11 is 0.686. The Balaban J connectivity index is 1.28. The molecular weight excluding hydrogens is 672 g/mol. The van der Waals surface area contributed by atoms with Gasteiger partial charge in [-0.3, -0.25) is 9.35 Å². The molecule has 0 radical (unpaired) electrons. The lowest BCUT2D eigenvalue weighted by Crippen LogP contribution is -2.33. The number of phenols is 1. The Bertz CT molecular complexity index is 2290. The van der Waals surface area contributed by atoms with Crippen LogP contribution in [0, 0.1) is 6.92 Å². The number of methoxy groups -OCH3 is 1. The third-order valence-electron chi connectivity index (χ3n) is 7.25. The molecule has 1 unspecified atom stereocenters. The number of aryl methyl sites for hydroxylation is 1. The largest absolute Gasteiger partial charge is 0.507 e. The first-order valence-electron chi connectivity index (χ1n) is 13.5. The molecule has 5 aromatic rings. The Morgan fingerprint density at radius 2 is 1.83 bits per heavy atom. The Labute approximate surface area is 273 Å². The quantitative estimate of drug-likeness (QED) is 0.0424. The summed E-state index contributed by atoms with van der Waals surface area (Å²) in [5.74, 6) is -1.99. The van der Waals surface area contributed by atoms with Crippen molar-refractivity contribution < 1.29 is 52.1 Å². The molecule has 5 N–H and O–H groups in total. The van der Waals surface area contributed by atoms with Crippen molar-refractivity contribution in [2.24, 2.45) is 15.3 Å². The number of carbonyl (C=O) groups is 2. The number of aliphatic carboxylic acids is 1. The molecule has 0 saturated carbocycles. The van der Waals surface area contributed by atoms with E-state index in [1.54, 1.807) is 30.3 Å². The number of H-pyrrole nitrogens is 1. The molecule has 4 aromatic carbocycles. The Kier molecular flexibility index (Phi) is 8.55. The van der Waals surface area contributed by atoms with Crippen LogP contribution in [0.2, 0.25) is 0 Å². The van der Waals surface area contributed by atoms with E-state index in [2.05, 4.69) is 34.7 Å². The first-order valence-corrected chi connectivity index (χ1v) is 15.7. The Hall–Kier alpha value is -5.44. The first-order chi connectivity index (χ1) is 22.9. The maximum absolute atomic E-state index is 13.3. The third-order valence-corrected chi connectivity index (χ3v) is 8.80. The number of aromatic amines is 1. The Morgan fingerprint density at radius 1 is 1.08 bits per heavy atom. The van der Waals surface area contributed by atoms with Gasteiger partial charge in [-0.15, -0.1) is 4.33 Å². The molecule has 0 bridgehead atoms. The van der Waals surface area contributed by atoms with Crippen LogP contribution in [0.1, 0.15) is 5.56 Å². The number of fused-ring (bicyclic) bond motifs is 3. The predicted molar refractivity (Wildman–Crippen MR) is 170 cm³/mol. The van der Waals surface area contributed by atoms with E-state index in [0.29, 0.717) is 50.1 Å². The van der Waals surface area contributed by atoms with Crippen molar-refractivity contribution in [3.8, 4) is 22.9 Å². The number of phenolic OH excluding ortho intramolecular Hbond substituents is 1. The van der Waals surface area contributed by atoms with Crippen LogP contribution in [-0.4, -0.2) is 69.1 Å². The van der Waals surface area contributed by atoms with Gasteiger partial charge in [0, 0.05) is 27.3 Å². The summed E-state index contributed by atoms with van der Waals surface area (Å²) in [4.78, 5) is 33.3. The van der Waals surface area contributed by atoms with E-state index < -0.39 is 38.6 Å². The van der Waals surface area contributed by atoms with Gasteiger partial charge in [0.2, 0.25) is 6.04 Å². The molecule has 17 nitrogen and oxygen atoms in total. The minimum atomic E-state index is -4.56. The van der Waals surface area contributed by atoms with Gasteiger partial charge in [-0.1, -0.05) is 5.04 Å². The highest BCUT2D eigenvalue weighted by atomic mass is 32.2. The second kappa shape index (κ2) is 12.6. The molecule has 0 aliphatic carbocycles. The number of hydrogen-bond acceptors (Lipinski definition) is 14. The van der Waals surface area contributed by atoms with Gasteiger partial charge in [0.25, 0.3) is 16.0 Å². The van der Waals surface area contributed by atoms with Crippen molar-refractivity contribution in [1.82, 2.24) is 9.97 Å². The molecule has 246 valence electrons. The number of imidazole rings is 1. The predicted octanol–water partition coefficient (Wildman–Crippen LogP) is 5.02. The zero-order valence-electron chi connectivity index (χ0n) is 24.6. The summed E-state index contributed by atoms with van der Waals surface area (Å²) in [6.45, 7) is 1.40. The summed E-state index contributed by atoms with van der Waals surface area (Å²) in [6.07, 6.45) is 0. The summed E-state index contributed by atoms with van der Waals surface area (Å²) < 4.78 is 42.4. The lowest BCUT2D eigenvalue weighted by Gasteiger charge is -2.13. The number of carboxylic acid groups (broad SMARTS) is 1. The smallest absolute Gasteiger partial charge is 0.355 e. The SMILES string of the molecule is COc1cc(S(=O)(=O)O)c(C)cc1N=NC1C(=O)N(c2ccc(-c3nc4c(ccc5c(O)cc(SOOO)cc54)[nH]3)cc2)N=C1C(=O)O. The Morgan fingerprint density at radius 3 is 2.50 bits per heavy atom. The fourth-order valence-electron chi connectivity index (χ4n) is 5.05. The number of benzene rings is 4. The molecule has 1 atom stereocenters. The van der Waals surface area contributed by atoms with Gasteiger partial charge >= 0.3 is 5.97 Å². The lowest BCUT2D eigenvalue weighted by atomic mass is 10.1. The number of aromatic nitrogens is 2. The molecule has 1 aliphatic heterocycles.